The molecule has 120 valence electrons. The highest BCUT2D eigenvalue weighted by Gasteiger charge is 2.14. The molecule has 1 amide bonds. The van der Waals surface area contributed by atoms with E-state index in [-0.39, 0.29) is 5.92 Å². The van der Waals surface area contributed by atoms with Crippen molar-refractivity contribution >= 4 is 11.6 Å². The van der Waals surface area contributed by atoms with E-state index in [1.165, 1.54) is 11.6 Å². The highest BCUT2D eigenvalue weighted by Crippen LogP contribution is 2.25. The van der Waals surface area contributed by atoms with Crippen LogP contribution in [0.5, 0.6) is 0 Å². The number of carbonyl (C=O) groups is 1. The summed E-state index contributed by atoms with van der Waals surface area (Å²) in [6.45, 7) is 3.74. The molecule has 0 aliphatic carbocycles. The highest BCUT2D eigenvalue weighted by atomic mass is 16.5. The normalized spacial score (nSPS) is 14.7. The second-order valence-electron chi connectivity index (χ2n) is 5.51. The minimum Gasteiger partial charge on any atom is -0.388 e. The Morgan fingerprint density at radius 3 is 2.32 bits per heavy atom. The maximum atomic E-state index is 10.9. The van der Waals surface area contributed by atoms with Gasteiger partial charge in [-0.2, -0.15) is 0 Å². The van der Waals surface area contributed by atoms with Crippen LogP contribution in [0.1, 0.15) is 25.5 Å². The molecule has 0 saturated heterocycles. The zero-order valence-electron chi connectivity index (χ0n) is 13.4. The summed E-state index contributed by atoms with van der Waals surface area (Å²) >= 11 is 0. The molecule has 0 aliphatic heterocycles. The topological polar surface area (TPSA) is 72.8 Å². The summed E-state index contributed by atoms with van der Waals surface area (Å²) in [5.74, 6) is -0.688. The van der Waals surface area contributed by atoms with Gasteiger partial charge in [0, 0.05) is 31.8 Å². The van der Waals surface area contributed by atoms with E-state index in [0.29, 0.717) is 0 Å². The van der Waals surface area contributed by atoms with Crippen molar-refractivity contribution in [1.82, 2.24) is 5.48 Å². The molecule has 0 aromatic heterocycles. The number of hydroxylamine groups is 1. The van der Waals surface area contributed by atoms with Gasteiger partial charge in [-0.3, -0.25) is 10.0 Å². The molecule has 0 spiro atoms. The number of hydrogen-bond acceptors (Lipinski definition) is 4. The monoisotopic (exact) mass is 304 g/mol. The van der Waals surface area contributed by atoms with Gasteiger partial charge in [-0.25, -0.2) is 5.48 Å². The summed E-state index contributed by atoms with van der Waals surface area (Å²) in [4.78, 5) is 12.9. The Morgan fingerprint density at radius 2 is 1.82 bits per heavy atom. The van der Waals surface area contributed by atoms with Gasteiger partial charge in [0.25, 0.3) is 5.91 Å². The third kappa shape index (κ3) is 5.35. The number of aliphatic hydroxyl groups excluding tert-OH is 1. The van der Waals surface area contributed by atoms with E-state index < -0.39 is 12.0 Å². The Kier molecular flexibility index (Phi) is 6.82. The number of allylic oxidation sites excluding steroid dienone is 2. The first-order valence-electron chi connectivity index (χ1n) is 7.11. The molecule has 0 heterocycles. The lowest BCUT2D eigenvalue weighted by Crippen LogP contribution is -2.15. The number of rotatable bonds is 6. The van der Waals surface area contributed by atoms with Gasteiger partial charge in [0.15, 0.2) is 0 Å². The minimum absolute atomic E-state index is 0.105. The maximum Gasteiger partial charge on any atom is 0.267 e. The summed E-state index contributed by atoms with van der Waals surface area (Å²) < 4.78 is 0. The standard InChI is InChI=1S/C17H24N2O3/c1-12(5-10-16(20)18-22)11-13(2)17(21)14-6-8-15(9-7-14)19(3)4/h5-11,13,17,21-22H,1-4H3,(H,18,20)/b10-5+,12-11+/t13-,17-/m1/s1. The average molecular weight is 304 g/mol. The van der Waals surface area contributed by atoms with E-state index in [1.807, 2.05) is 63.2 Å². The number of anilines is 1. The Balaban J connectivity index is 2.77. The van der Waals surface area contributed by atoms with Crippen molar-refractivity contribution in [2.75, 3.05) is 19.0 Å². The lowest BCUT2D eigenvalue weighted by molar-refractivity contribution is -0.124. The van der Waals surface area contributed by atoms with Crippen LogP contribution in [0.4, 0.5) is 5.69 Å². The fraction of sp³-hybridized carbons (Fsp3) is 0.353. The first-order chi connectivity index (χ1) is 10.3. The summed E-state index contributed by atoms with van der Waals surface area (Å²) in [7, 11) is 3.93. The number of amides is 1. The van der Waals surface area contributed by atoms with Crippen molar-refractivity contribution in [3.8, 4) is 0 Å². The van der Waals surface area contributed by atoms with Crippen LogP contribution in [0, 0.1) is 5.92 Å². The van der Waals surface area contributed by atoms with Crippen LogP contribution in [0.15, 0.2) is 48.1 Å². The maximum absolute atomic E-state index is 10.9. The van der Waals surface area contributed by atoms with Gasteiger partial charge in [0.1, 0.15) is 0 Å². The zero-order chi connectivity index (χ0) is 16.7. The van der Waals surface area contributed by atoms with Gasteiger partial charge in [0.05, 0.1) is 6.10 Å². The van der Waals surface area contributed by atoms with E-state index in [2.05, 4.69) is 0 Å². The lowest BCUT2D eigenvalue weighted by atomic mass is 9.95. The van der Waals surface area contributed by atoms with Gasteiger partial charge in [-0.05, 0) is 24.6 Å². The van der Waals surface area contributed by atoms with E-state index >= 15 is 0 Å². The Bertz CT molecular complexity index is 548. The third-order valence-corrected chi connectivity index (χ3v) is 3.38. The SMILES string of the molecule is CC(/C=C/C(=O)NO)=C\[C@@H](C)[C@@H](O)c1ccc(N(C)C)cc1. The largest absolute Gasteiger partial charge is 0.388 e. The molecule has 0 radical (unpaired) electrons. The molecule has 3 N–H and O–H groups in total. The van der Waals surface area contributed by atoms with Crippen LogP contribution in [-0.2, 0) is 4.79 Å². The number of nitrogens with zero attached hydrogens (tertiary/aromatic N) is 1. The number of aliphatic hydroxyl groups is 1. The highest BCUT2D eigenvalue weighted by molar-refractivity contribution is 5.86. The van der Waals surface area contributed by atoms with Gasteiger partial charge >= 0.3 is 0 Å². The van der Waals surface area contributed by atoms with Gasteiger partial charge in [-0.1, -0.05) is 36.8 Å². The van der Waals surface area contributed by atoms with E-state index in [4.69, 9.17) is 5.21 Å². The summed E-state index contributed by atoms with van der Waals surface area (Å²) in [5.41, 5.74) is 4.29. The zero-order valence-corrected chi connectivity index (χ0v) is 13.4. The molecule has 1 aromatic carbocycles. The average Bonchev–Trinajstić information content (AvgIpc) is 2.51. The second kappa shape index (κ2) is 8.36. The molecular weight excluding hydrogens is 280 g/mol. The molecule has 5 heteroatoms. The molecule has 0 unspecified atom stereocenters. The number of nitrogens with one attached hydrogen (secondary N) is 1. The first-order valence-corrected chi connectivity index (χ1v) is 7.11. The molecule has 1 rings (SSSR count). The van der Waals surface area contributed by atoms with Crippen molar-refractivity contribution in [2.24, 2.45) is 5.92 Å². The Labute approximate surface area is 131 Å². The molecular formula is C17H24N2O3. The number of benzene rings is 1. The smallest absolute Gasteiger partial charge is 0.267 e. The van der Waals surface area contributed by atoms with Crippen LogP contribution in [0.2, 0.25) is 0 Å². The fourth-order valence-corrected chi connectivity index (χ4v) is 2.08. The summed E-state index contributed by atoms with van der Waals surface area (Å²) in [6.07, 6.45) is 4.08. The third-order valence-electron chi connectivity index (χ3n) is 3.38. The van der Waals surface area contributed by atoms with Crippen molar-refractivity contribution in [3.63, 3.8) is 0 Å². The predicted molar refractivity (Wildman–Crippen MR) is 87.7 cm³/mol. The molecule has 0 aliphatic rings. The van der Waals surface area contributed by atoms with Crippen LogP contribution < -0.4 is 10.4 Å². The summed E-state index contributed by atoms with van der Waals surface area (Å²) in [6, 6.07) is 7.75. The van der Waals surface area contributed by atoms with Crippen molar-refractivity contribution in [2.45, 2.75) is 20.0 Å². The molecule has 5 nitrogen and oxygen atoms in total. The molecule has 1 aromatic rings. The van der Waals surface area contributed by atoms with Crippen LogP contribution in [-0.4, -0.2) is 30.3 Å². The fourth-order valence-electron chi connectivity index (χ4n) is 2.08. The summed E-state index contributed by atoms with van der Waals surface area (Å²) in [5, 5.41) is 18.8. The van der Waals surface area contributed by atoms with Crippen molar-refractivity contribution < 1.29 is 15.1 Å². The van der Waals surface area contributed by atoms with Crippen LogP contribution in [0.25, 0.3) is 0 Å². The molecule has 0 fully saturated rings. The second-order valence-corrected chi connectivity index (χ2v) is 5.51. The van der Waals surface area contributed by atoms with Crippen LogP contribution in [0.3, 0.4) is 0 Å². The number of hydrogen-bond donors (Lipinski definition) is 3. The Morgan fingerprint density at radius 1 is 1.23 bits per heavy atom. The van der Waals surface area contributed by atoms with E-state index in [0.717, 1.165) is 16.8 Å². The molecule has 0 bridgehead atoms. The minimum atomic E-state index is -0.619. The molecule has 0 saturated carbocycles. The first kappa shape index (κ1) is 17.9. The predicted octanol–water partition coefficient (Wildman–Crippen LogP) is 2.43. The van der Waals surface area contributed by atoms with Crippen LogP contribution >= 0.6 is 0 Å². The number of carbonyl (C=O) groups excluding carboxylic acids is 1. The van der Waals surface area contributed by atoms with E-state index in [9.17, 15) is 9.90 Å². The van der Waals surface area contributed by atoms with Gasteiger partial charge in [-0.15, -0.1) is 0 Å². The Hall–Kier alpha value is -2.11. The molecule has 2 atom stereocenters. The van der Waals surface area contributed by atoms with Crippen molar-refractivity contribution in [1.29, 1.82) is 0 Å². The van der Waals surface area contributed by atoms with E-state index in [1.54, 1.807) is 6.08 Å². The lowest BCUT2D eigenvalue weighted by Gasteiger charge is -2.18. The molecule has 22 heavy (non-hydrogen) atoms. The van der Waals surface area contributed by atoms with Gasteiger partial charge in [0.2, 0.25) is 0 Å². The quantitative estimate of drug-likeness (QED) is 0.327. The van der Waals surface area contributed by atoms with Gasteiger partial charge < -0.3 is 10.0 Å². The van der Waals surface area contributed by atoms with Crippen molar-refractivity contribution in [3.05, 3.63) is 53.6 Å².